The highest BCUT2D eigenvalue weighted by atomic mass is 16.3. The molecule has 1 atom stereocenters. The molecule has 3 heteroatoms. The first-order chi connectivity index (χ1) is 7.22. The van der Waals surface area contributed by atoms with E-state index < -0.39 is 0 Å². The third kappa shape index (κ3) is 1.88. The van der Waals surface area contributed by atoms with Gasteiger partial charge in [0.1, 0.15) is 5.52 Å². The van der Waals surface area contributed by atoms with Crippen LogP contribution in [0.4, 0.5) is 0 Å². The number of oxazole rings is 1. The fourth-order valence-corrected chi connectivity index (χ4v) is 1.71. The van der Waals surface area contributed by atoms with E-state index in [2.05, 4.69) is 18.8 Å². The molecular weight excluding hydrogens is 188 g/mol. The van der Waals surface area contributed by atoms with Gasteiger partial charge in [-0.05, 0) is 18.1 Å². The molecular formula is C12H16N2O. The predicted octanol–water partition coefficient (Wildman–Crippen LogP) is 2.53. The van der Waals surface area contributed by atoms with Crippen LogP contribution < -0.4 is 5.73 Å². The highest BCUT2D eigenvalue weighted by Crippen LogP contribution is 2.25. The molecule has 0 spiro atoms. The summed E-state index contributed by atoms with van der Waals surface area (Å²) >= 11 is 0. The smallest absolute Gasteiger partial charge is 0.200 e. The summed E-state index contributed by atoms with van der Waals surface area (Å²) in [5, 5.41) is 0. The second-order valence-electron chi connectivity index (χ2n) is 4.11. The van der Waals surface area contributed by atoms with E-state index >= 15 is 0 Å². The lowest BCUT2D eigenvalue weighted by Crippen LogP contribution is -2.17. The molecule has 1 aromatic heterocycles. The van der Waals surface area contributed by atoms with Crippen LogP contribution in [0.25, 0.3) is 11.1 Å². The van der Waals surface area contributed by atoms with Gasteiger partial charge in [0.2, 0.25) is 0 Å². The first-order valence-corrected chi connectivity index (χ1v) is 5.28. The maximum Gasteiger partial charge on any atom is 0.200 e. The summed E-state index contributed by atoms with van der Waals surface area (Å²) in [5.41, 5.74) is 7.48. The maximum absolute atomic E-state index is 5.73. The zero-order chi connectivity index (χ0) is 10.8. The van der Waals surface area contributed by atoms with Crippen molar-refractivity contribution in [2.75, 3.05) is 6.54 Å². The maximum atomic E-state index is 5.73. The van der Waals surface area contributed by atoms with Crippen molar-refractivity contribution in [1.82, 2.24) is 4.98 Å². The number of rotatable bonds is 3. The van der Waals surface area contributed by atoms with Gasteiger partial charge >= 0.3 is 0 Å². The molecule has 2 aromatic rings. The molecule has 0 unspecified atom stereocenters. The Morgan fingerprint density at radius 3 is 2.67 bits per heavy atom. The highest BCUT2D eigenvalue weighted by molar-refractivity contribution is 5.72. The summed E-state index contributed by atoms with van der Waals surface area (Å²) in [5.74, 6) is 1.41. The van der Waals surface area contributed by atoms with Crippen molar-refractivity contribution < 1.29 is 4.42 Å². The Hall–Kier alpha value is -1.35. The van der Waals surface area contributed by atoms with E-state index in [0.717, 1.165) is 17.0 Å². The van der Waals surface area contributed by atoms with Gasteiger partial charge in [0, 0.05) is 6.54 Å². The lowest BCUT2D eigenvalue weighted by atomic mass is 9.96. The zero-order valence-electron chi connectivity index (χ0n) is 9.10. The first kappa shape index (κ1) is 10.2. The van der Waals surface area contributed by atoms with Gasteiger partial charge in [0.15, 0.2) is 11.5 Å². The first-order valence-electron chi connectivity index (χ1n) is 5.28. The number of benzene rings is 1. The monoisotopic (exact) mass is 204 g/mol. The number of aromatic nitrogens is 1. The van der Waals surface area contributed by atoms with Crippen molar-refractivity contribution in [3.8, 4) is 0 Å². The largest absolute Gasteiger partial charge is 0.440 e. The van der Waals surface area contributed by atoms with Crippen molar-refractivity contribution in [1.29, 1.82) is 0 Å². The summed E-state index contributed by atoms with van der Waals surface area (Å²) in [6.07, 6.45) is 0. The van der Waals surface area contributed by atoms with Gasteiger partial charge in [-0.3, -0.25) is 0 Å². The van der Waals surface area contributed by atoms with Crippen molar-refractivity contribution in [2.45, 2.75) is 19.8 Å². The summed E-state index contributed by atoms with van der Waals surface area (Å²) in [6, 6.07) is 7.79. The van der Waals surface area contributed by atoms with Crippen LogP contribution >= 0.6 is 0 Å². The number of para-hydroxylation sites is 2. The number of nitrogens with zero attached hydrogens (tertiary/aromatic N) is 1. The number of fused-ring (bicyclic) bond motifs is 1. The third-order valence-electron chi connectivity index (χ3n) is 2.69. The molecule has 0 aliphatic carbocycles. The van der Waals surface area contributed by atoms with Crippen LogP contribution in [0.2, 0.25) is 0 Å². The molecule has 0 saturated heterocycles. The second-order valence-corrected chi connectivity index (χ2v) is 4.11. The summed E-state index contributed by atoms with van der Waals surface area (Å²) in [4.78, 5) is 4.46. The summed E-state index contributed by atoms with van der Waals surface area (Å²) in [6.45, 7) is 4.84. The van der Waals surface area contributed by atoms with Crippen LogP contribution in [0.5, 0.6) is 0 Å². The third-order valence-corrected chi connectivity index (χ3v) is 2.69. The minimum absolute atomic E-state index is 0.206. The Kier molecular flexibility index (Phi) is 2.73. The second kappa shape index (κ2) is 4.03. The lowest BCUT2D eigenvalue weighted by molar-refractivity contribution is 0.400. The lowest BCUT2D eigenvalue weighted by Gasteiger charge is -2.13. The van der Waals surface area contributed by atoms with Crippen LogP contribution in [-0.2, 0) is 0 Å². The van der Waals surface area contributed by atoms with Crippen LogP contribution in [0.3, 0.4) is 0 Å². The van der Waals surface area contributed by atoms with Crippen LogP contribution in [0, 0.1) is 5.92 Å². The molecule has 80 valence electrons. The van der Waals surface area contributed by atoms with Crippen molar-refractivity contribution in [3.63, 3.8) is 0 Å². The van der Waals surface area contributed by atoms with Crippen LogP contribution in [0.1, 0.15) is 25.7 Å². The number of nitrogens with two attached hydrogens (primary N) is 1. The molecule has 0 fully saturated rings. The van der Waals surface area contributed by atoms with Gasteiger partial charge in [-0.2, -0.15) is 0 Å². The van der Waals surface area contributed by atoms with Crippen molar-refractivity contribution >= 4 is 11.1 Å². The molecule has 0 radical (unpaired) electrons. The van der Waals surface area contributed by atoms with Gasteiger partial charge in [0.05, 0.1) is 5.92 Å². The van der Waals surface area contributed by atoms with E-state index in [1.165, 1.54) is 0 Å². The van der Waals surface area contributed by atoms with Gasteiger partial charge < -0.3 is 10.2 Å². The average molecular weight is 204 g/mol. The van der Waals surface area contributed by atoms with E-state index in [4.69, 9.17) is 10.2 Å². The molecule has 0 saturated carbocycles. The SMILES string of the molecule is CC(C)[C@H](CN)c1nc2ccccc2o1. The van der Waals surface area contributed by atoms with Gasteiger partial charge in [-0.1, -0.05) is 26.0 Å². The quantitative estimate of drug-likeness (QED) is 0.835. The van der Waals surface area contributed by atoms with Crippen molar-refractivity contribution in [2.24, 2.45) is 11.7 Å². The predicted molar refractivity (Wildman–Crippen MR) is 60.6 cm³/mol. The fourth-order valence-electron chi connectivity index (χ4n) is 1.71. The van der Waals surface area contributed by atoms with E-state index in [9.17, 15) is 0 Å². The zero-order valence-corrected chi connectivity index (χ0v) is 9.10. The minimum atomic E-state index is 0.206. The Morgan fingerprint density at radius 1 is 1.33 bits per heavy atom. The molecule has 2 N–H and O–H groups in total. The van der Waals surface area contributed by atoms with E-state index in [1.807, 2.05) is 24.3 Å². The molecule has 1 heterocycles. The molecule has 3 nitrogen and oxygen atoms in total. The Labute approximate surface area is 89.3 Å². The molecule has 0 aliphatic heterocycles. The summed E-state index contributed by atoms with van der Waals surface area (Å²) < 4.78 is 5.69. The standard InChI is InChI=1S/C12H16N2O/c1-8(2)9(7-13)12-14-10-5-3-4-6-11(10)15-12/h3-6,8-9H,7,13H2,1-2H3/t9-/m0/s1. The van der Waals surface area contributed by atoms with Gasteiger partial charge in [0.25, 0.3) is 0 Å². The Bertz CT molecular complexity index is 415. The van der Waals surface area contributed by atoms with Crippen LogP contribution in [0.15, 0.2) is 28.7 Å². The van der Waals surface area contributed by atoms with E-state index in [1.54, 1.807) is 0 Å². The fraction of sp³-hybridized carbons (Fsp3) is 0.417. The molecule has 0 amide bonds. The van der Waals surface area contributed by atoms with Gasteiger partial charge in [-0.25, -0.2) is 4.98 Å². The highest BCUT2D eigenvalue weighted by Gasteiger charge is 2.19. The average Bonchev–Trinajstić information content (AvgIpc) is 2.61. The molecule has 0 aliphatic rings. The van der Waals surface area contributed by atoms with Crippen molar-refractivity contribution in [3.05, 3.63) is 30.2 Å². The normalized spacial score (nSPS) is 13.6. The van der Waals surface area contributed by atoms with E-state index in [0.29, 0.717) is 12.5 Å². The minimum Gasteiger partial charge on any atom is -0.440 e. The molecule has 0 bridgehead atoms. The Balaban J connectivity index is 2.43. The van der Waals surface area contributed by atoms with Gasteiger partial charge in [-0.15, -0.1) is 0 Å². The topological polar surface area (TPSA) is 52.0 Å². The summed E-state index contributed by atoms with van der Waals surface area (Å²) in [7, 11) is 0. The number of hydrogen-bond donors (Lipinski definition) is 1. The molecule has 15 heavy (non-hydrogen) atoms. The molecule has 1 aromatic carbocycles. The molecule has 2 rings (SSSR count). The Morgan fingerprint density at radius 2 is 2.07 bits per heavy atom. The van der Waals surface area contributed by atoms with E-state index in [-0.39, 0.29) is 5.92 Å². The number of hydrogen-bond acceptors (Lipinski definition) is 3. The van der Waals surface area contributed by atoms with Crippen LogP contribution in [-0.4, -0.2) is 11.5 Å².